The van der Waals surface area contributed by atoms with Crippen molar-refractivity contribution in [3.8, 4) is 0 Å². The fourth-order valence-electron chi connectivity index (χ4n) is 3.90. The fourth-order valence-corrected chi connectivity index (χ4v) is 3.90. The predicted molar refractivity (Wildman–Crippen MR) is 145 cm³/mol. The molecule has 0 radical (unpaired) electrons. The Balaban J connectivity index is 0.000000189. The predicted octanol–water partition coefficient (Wildman–Crippen LogP) is 5.30. The molecule has 7 nitrogen and oxygen atoms in total. The minimum absolute atomic E-state index is 0.385. The minimum atomic E-state index is -0.959. The normalized spacial score (nSPS) is 12.6. The van der Waals surface area contributed by atoms with Crippen molar-refractivity contribution in [1.82, 2.24) is 19.9 Å². The Morgan fingerprint density at radius 3 is 1.44 bits per heavy atom. The number of benzene rings is 1. The average molecular weight is 476 g/mol. The summed E-state index contributed by atoms with van der Waals surface area (Å²) < 4.78 is 0. The van der Waals surface area contributed by atoms with Gasteiger partial charge in [-0.3, -0.25) is 4.79 Å². The molecule has 5 N–H and O–H groups in total. The second kappa shape index (κ2) is 10.2. The van der Waals surface area contributed by atoms with Gasteiger partial charge in [0.1, 0.15) is 6.04 Å². The number of fused-ring (bicyclic) bond motifs is 8. The van der Waals surface area contributed by atoms with E-state index in [1.807, 2.05) is 78.9 Å². The molecule has 36 heavy (non-hydrogen) atoms. The summed E-state index contributed by atoms with van der Waals surface area (Å²) in [4.78, 5) is 26.4. The zero-order chi connectivity index (χ0) is 24.9. The number of aliphatic carboxylic acids is 1. The van der Waals surface area contributed by atoms with Crippen LogP contribution in [-0.2, 0) is 11.2 Å². The highest BCUT2D eigenvalue weighted by Gasteiger charge is 2.11. The number of hydrogen-bond donors (Lipinski definition) is 4. The number of hydrogen-bond acceptors (Lipinski definition) is 4. The van der Waals surface area contributed by atoms with Gasteiger partial charge in [-0.1, -0.05) is 30.3 Å². The molecule has 5 heterocycles. The second-order valence-corrected chi connectivity index (χ2v) is 8.54. The van der Waals surface area contributed by atoms with Crippen LogP contribution < -0.4 is 5.73 Å². The summed E-state index contributed by atoms with van der Waals surface area (Å²) in [5, 5.41) is 8.52. The van der Waals surface area contributed by atoms with Crippen molar-refractivity contribution in [3.63, 3.8) is 0 Å². The standard InChI is InChI=1S/C20H14N4.C9H11NO2/c1-2-14-10-16-5-6-18(23-16)12-20-8-7-19(24-20)11-17-4-3-15(22-17)9-13(1)21-14;10-8(9(11)12)6-7-4-2-1-3-5-7/h1-12,21,24H;1-5,8H,6,10H2,(H,11,12)/t;8-/m.0/s1. The molecule has 0 aliphatic carbocycles. The molecule has 7 heteroatoms. The van der Waals surface area contributed by atoms with Crippen molar-refractivity contribution >= 4 is 52.3 Å². The monoisotopic (exact) mass is 475 g/mol. The SMILES string of the molecule is C1=Cc2cc3ccc(cc4nc(cc5ccc(cc1n2)[nH]5)C=C4)[nH]3.N[C@@H](Cc1ccccc1)C(=O)O. The second-order valence-electron chi connectivity index (χ2n) is 8.54. The van der Waals surface area contributed by atoms with E-state index in [0.29, 0.717) is 6.42 Å². The molecular weight excluding hydrogens is 450 g/mol. The summed E-state index contributed by atoms with van der Waals surface area (Å²) in [6.45, 7) is 0. The lowest BCUT2D eigenvalue weighted by molar-refractivity contribution is -0.138. The molecule has 4 aromatic rings. The Morgan fingerprint density at radius 2 is 1.08 bits per heavy atom. The Kier molecular flexibility index (Phi) is 6.55. The van der Waals surface area contributed by atoms with E-state index < -0.39 is 12.0 Å². The van der Waals surface area contributed by atoms with Crippen LogP contribution in [0.1, 0.15) is 28.3 Å². The molecule has 2 aliphatic rings. The van der Waals surface area contributed by atoms with Crippen LogP contribution in [0.15, 0.2) is 78.9 Å². The molecule has 0 amide bonds. The molecule has 1 atom stereocenters. The number of carbonyl (C=O) groups is 1. The molecule has 6 rings (SSSR count). The lowest BCUT2D eigenvalue weighted by atomic mass is 10.1. The number of aromatic nitrogens is 4. The maximum atomic E-state index is 10.4. The maximum absolute atomic E-state index is 10.4. The van der Waals surface area contributed by atoms with E-state index in [1.165, 1.54) is 0 Å². The number of H-pyrrole nitrogens is 2. The zero-order valence-electron chi connectivity index (χ0n) is 19.4. The van der Waals surface area contributed by atoms with Gasteiger partial charge in [0.25, 0.3) is 0 Å². The quantitative estimate of drug-likeness (QED) is 0.277. The van der Waals surface area contributed by atoms with Crippen LogP contribution >= 0.6 is 0 Å². The third kappa shape index (κ3) is 5.84. The minimum Gasteiger partial charge on any atom is -0.480 e. The molecule has 1 aromatic carbocycles. The third-order valence-electron chi connectivity index (χ3n) is 5.66. The highest BCUT2D eigenvalue weighted by atomic mass is 16.4. The van der Waals surface area contributed by atoms with Crippen molar-refractivity contribution in [2.75, 3.05) is 0 Å². The molecule has 0 unspecified atom stereocenters. The van der Waals surface area contributed by atoms with Gasteiger partial charge in [-0.2, -0.15) is 0 Å². The fraction of sp³-hybridized carbons (Fsp3) is 0.0690. The van der Waals surface area contributed by atoms with Gasteiger partial charge in [0, 0.05) is 22.1 Å². The summed E-state index contributed by atoms with van der Waals surface area (Å²) >= 11 is 0. The van der Waals surface area contributed by atoms with E-state index in [4.69, 9.17) is 10.8 Å². The highest BCUT2D eigenvalue weighted by molar-refractivity contribution is 5.77. The van der Waals surface area contributed by atoms with Gasteiger partial charge >= 0.3 is 5.97 Å². The Hall–Kier alpha value is -4.75. The third-order valence-corrected chi connectivity index (χ3v) is 5.66. The van der Waals surface area contributed by atoms with Crippen LogP contribution in [0.2, 0.25) is 0 Å². The number of nitrogens with two attached hydrogens (primary N) is 1. The smallest absolute Gasteiger partial charge is 0.320 e. The Labute approximate surface area is 207 Å². The first-order valence-electron chi connectivity index (χ1n) is 11.6. The Morgan fingerprint density at radius 1 is 0.694 bits per heavy atom. The van der Waals surface area contributed by atoms with Gasteiger partial charge < -0.3 is 20.8 Å². The average Bonchev–Trinajstić information content (AvgIpc) is 3.66. The van der Waals surface area contributed by atoms with Crippen molar-refractivity contribution < 1.29 is 9.90 Å². The van der Waals surface area contributed by atoms with E-state index in [9.17, 15) is 4.79 Å². The number of nitrogens with one attached hydrogen (secondary N) is 2. The summed E-state index contributed by atoms with van der Waals surface area (Å²) in [6.07, 6.45) is 8.48. The highest BCUT2D eigenvalue weighted by Crippen LogP contribution is 2.17. The van der Waals surface area contributed by atoms with Gasteiger partial charge in [-0.15, -0.1) is 0 Å². The molecule has 0 saturated carbocycles. The molecular formula is C29H25N5O2. The van der Waals surface area contributed by atoms with Crippen LogP contribution in [0.3, 0.4) is 0 Å². The molecule has 8 bridgehead atoms. The van der Waals surface area contributed by atoms with E-state index in [0.717, 1.165) is 50.4 Å². The lowest BCUT2D eigenvalue weighted by Gasteiger charge is -2.04. The topological polar surface area (TPSA) is 121 Å². The van der Waals surface area contributed by atoms with Crippen molar-refractivity contribution in [3.05, 3.63) is 107 Å². The van der Waals surface area contributed by atoms with E-state index in [1.54, 1.807) is 0 Å². The van der Waals surface area contributed by atoms with Gasteiger partial charge in [-0.05, 0) is 84.8 Å². The van der Waals surface area contributed by atoms with Crippen molar-refractivity contribution in [1.29, 1.82) is 0 Å². The van der Waals surface area contributed by atoms with E-state index in [2.05, 4.69) is 44.2 Å². The molecule has 2 aliphatic heterocycles. The Bertz CT molecular complexity index is 1440. The van der Waals surface area contributed by atoms with Crippen molar-refractivity contribution in [2.24, 2.45) is 5.73 Å². The van der Waals surface area contributed by atoms with E-state index in [-0.39, 0.29) is 0 Å². The van der Waals surface area contributed by atoms with Gasteiger partial charge in [0.15, 0.2) is 0 Å². The van der Waals surface area contributed by atoms with Crippen LogP contribution in [0.25, 0.3) is 46.4 Å². The van der Waals surface area contributed by atoms with Crippen LogP contribution in [0, 0.1) is 0 Å². The molecule has 0 saturated heterocycles. The van der Waals surface area contributed by atoms with Gasteiger partial charge in [0.2, 0.25) is 0 Å². The summed E-state index contributed by atoms with van der Waals surface area (Å²) in [7, 11) is 0. The molecule has 178 valence electrons. The summed E-state index contributed by atoms with van der Waals surface area (Å²) in [6, 6.07) is 24.9. The first-order chi connectivity index (χ1) is 17.5. The molecule has 0 spiro atoms. The van der Waals surface area contributed by atoms with Gasteiger partial charge in [-0.25, -0.2) is 9.97 Å². The lowest BCUT2D eigenvalue weighted by Crippen LogP contribution is -2.32. The van der Waals surface area contributed by atoms with Crippen LogP contribution in [0.5, 0.6) is 0 Å². The first-order valence-corrected chi connectivity index (χ1v) is 11.6. The van der Waals surface area contributed by atoms with Gasteiger partial charge in [0.05, 0.1) is 22.8 Å². The number of rotatable bonds is 3. The van der Waals surface area contributed by atoms with Crippen LogP contribution in [-0.4, -0.2) is 37.1 Å². The number of carboxylic acids is 1. The summed E-state index contributed by atoms with van der Waals surface area (Å²) in [5.74, 6) is -0.959. The largest absolute Gasteiger partial charge is 0.480 e. The zero-order valence-corrected chi connectivity index (χ0v) is 19.4. The van der Waals surface area contributed by atoms with E-state index >= 15 is 0 Å². The molecule has 0 fully saturated rings. The molecule has 3 aromatic heterocycles. The number of aromatic amines is 2. The number of nitrogens with zero attached hydrogens (tertiary/aromatic N) is 2. The van der Waals surface area contributed by atoms with Crippen molar-refractivity contribution in [2.45, 2.75) is 12.5 Å². The van der Waals surface area contributed by atoms with Crippen LogP contribution in [0.4, 0.5) is 0 Å². The summed E-state index contributed by atoms with van der Waals surface area (Å²) in [5.41, 5.74) is 14.2. The first kappa shape index (κ1) is 23.0. The maximum Gasteiger partial charge on any atom is 0.320 e. The number of carboxylic acid groups (broad SMARTS) is 1.